The molecule has 10 radical (unpaired) electrons. The van der Waals surface area contributed by atoms with Crippen molar-refractivity contribution in [3.63, 3.8) is 0 Å². The molecule has 0 N–H and O–H groups in total. The van der Waals surface area contributed by atoms with Gasteiger partial charge in [0.05, 0.1) is 11.0 Å². The molecule has 3 heterocycles. The SMILES string of the molecule is [B]c1c([B])c([B])c(-c2ccc(-c3nc(-c4ccccc4)nc(-c4ccc5oc6ccc(-n7c8ccccc8c8ccc(-c9ccccc9)cc87)cc6c5c4)n3)cc2)c([B])c1[B]. The summed E-state index contributed by atoms with van der Waals surface area (Å²) in [4.78, 5) is 15.0. The molecule has 0 unspecified atom stereocenters. The van der Waals surface area contributed by atoms with Crippen molar-refractivity contribution in [2.45, 2.75) is 0 Å². The van der Waals surface area contributed by atoms with Crippen molar-refractivity contribution < 1.29 is 4.42 Å². The predicted molar refractivity (Wildman–Crippen MR) is 256 cm³/mol. The number of benzene rings is 8. The molecule has 0 fully saturated rings. The van der Waals surface area contributed by atoms with Gasteiger partial charge in [0.2, 0.25) is 0 Å². The normalized spacial score (nSPS) is 11.6. The third kappa shape index (κ3) is 6.12. The molecular weight excluding hydrogens is 739 g/mol. The van der Waals surface area contributed by atoms with Crippen LogP contribution >= 0.6 is 0 Å². The summed E-state index contributed by atoms with van der Waals surface area (Å²) >= 11 is 0. The van der Waals surface area contributed by atoms with Crippen LogP contribution in [0.1, 0.15) is 0 Å². The molecule has 0 atom stereocenters. The van der Waals surface area contributed by atoms with Crippen LogP contribution in [0.5, 0.6) is 0 Å². The first kappa shape index (κ1) is 36.8. The number of rotatable bonds is 6. The number of hydrogen-bond acceptors (Lipinski definition) is 4. The van der Waals surface area contributed by atoms with E-state index in [9.17, 15) is 0 Å². The highest BCUT2D eigenvalue weighted by Crippen LogP contribution is 2.38. The van der Waals surface area contributed by atoms with E-state index in [2.05, 4.69) is 95.6 Å². The molecule has 3 aromatic heterocycles. The molecule has 0 saturated carbocycles. The van der Waals surface area contributed by atoms with Crippen molar-refractivity contribution >= 4 is 110 Å². The van der Waals surface area contributed by atoms with E-state index in [4.69, 9.17) is 58.6 Å². The standard InChI is InChI=1S/C51H27B5N4O/c52-44-43(45(53)47(55)48(56)46(44)54)29-15-17-31(18-16-29)50-57-49(30-11-5-2-6-12-30)58-51(59-50)33-20-23-41-37(25-33)38-27-34(21-24-42(38)61-41)60-39-14-8-7-13-35(39)36-22-19-32(26-40(36)60)28-9-3-1-4-10-28/h1-27H. The van der Waals surface area contributed by atoms with Crippen LogP contribution in [0.2, 0.25) is 0 Å². The summed E-state index contributed by atoms with van der Waals surface area (Å²) in [6, 6.07) is 55.7. The molecule has 11 rings (SSSR count). The second-order valence-electron chi connectivity index (χ2n) is 15.1. The van der Waals surface area contributed by atoms with Crippen LogP contribution in [0.15, 0.2) is 168 Å². The molecule has 0 amide bonds. The molecular formula is C51H27B5N4O. The summed E-state index contributed by atoms with van der Waals surface area (Å²) in [7, 11) is 31.2. The molecule has 0 saturated heterocycles. The molecule has 8 aromatic carbocycles. The molecule has 11 aromatic rings. The van der Waals surface area contributed by atoms with Gasteiger partial charge in [-0.2, -0.15) is 0 Å². The van der Waals surface area contributed by atoms with Crippen molar-refractivity contribution in [3.8, 4) is 62.1 Å². The van der Waals surface area contributed by atoms with Gasteiger partial charge in [0.1, 0.15) is 50.4 Å². The van der Waals surface area contributed by atoms with Gasteiger partial charge in [0.15, 0.2) is 17.5 Å². The van der Waals surface area contributed by atoms with E-state index in [1.807, 2.05) is 72.8 Å². The molecule has 0 bridgehead atoms. The Bertz CT molecular complexity index is 3500. The van der Waals surface area contributed by atoms with Crippen LogP contribution in [0.3, 0.4) is 0 Å². The van der Waals surface area contributed by atoms with Gasteiger partial charge in [-0.15, -0.1) is 16.4 Å². The first-order valence-electron chi connectivity index (χ1n) is 19.8. The Morgan fingerprint density at radius 2 is 0.836 bits per heavy atom. The van der Waals surface area contributed by atoms with E-state index < -0.39 is 0 Å². The first-order chi connectivity index (χ1) is 29.8. The second kappa shape index (κ2) is 14.5. The van der Waals surface area contributed by atoms with E-state index in [-0.39, 0.29) is 27.3 Å². The number of nitrogens with zero attached hydrogens (tertiary/aromatic N) is 4. The van der Waals surface area contributed by atoms with Crippen LogP contribution in [-0.2, 0) is 0 Å². The zero-order valence-corrected chi connectivity index (χ0v) is 32.7. The second-order valence-corrected chi connectivity index (χ2v) is 15.1. The van der Waals surface area contributed by atoms with Crippen molar-refractivity contribution in [1.82, 2.24) is 19.5 Å². The molecule has 5 nitrogen and oxygen atoms in total. The molecule has 0 aliphatic rings. The summed E-state index contributed by atoms with van der Waals surface area (Å²) < 4.78 is 8.78. The first-order valence-corrected chi connectivity index (χ1v) is 19.8. The average molecular weight is 766 g/mol. The Morgan fingerprint density at radius 3 is 1.52 bits per heavy atom. The number of para-hydroxylation sites is 1. The molecule has 0 aliphatic carbocycles. The number of fused-ring (bicyclic) bond motifs is 6. The lowest BCUT2D eigenvalue weighted by atomic mass is 9.59. The van der Waals surface area contributed by atoms with Gasteiger partial charge in [-0.05, 0) is 70.8 Å². The highest BCUT2D eigenvalue weighted by Gasteiger charge is 2.19. The smallest absolute Gasteiger partial charge is 0.164 e. The fourth-order valence-corrected chi connectivity index (χ4v) is 8.40. The van der Waals surface area contributed by atoms with Gasteiger partial charge in [0, 0.05) is 43.9 Å². The predicted octanol–water partition coefficient (Wildman–Crippen LogP) is 7.17. The van der Waals surface area contributed by atoms with Gasteiger partial charge in [-0.1, -0.05) is 126 Å². The summed E-state index contributed by atoms with van der Waals surface area (Å²) in [6.45, 7) is 0. The van der Waals surface area contributed by atoms with Gasteiger partial charge >= 0.3 is 0 Å². The maximum Gasteiger partial charge on any atom is 0.164 e. The Balaban J connectivity index is 1.04. The van der Waals surface area contributed by atoms with Gasteiger partial charge in [0.25, 0.3) is 0 Å². The zero-order valence-electron chi connectivity index (χ0n) is 32.7. The lowest BCUT2D eigenvalue weighted by Crippen LogP contribution is -2.55. The molecule has 0 aliphatic heterocycles. The quantitative estimate of drug-likeness (QED) is 0.169. The fraction of sp³-hybridized carbons (Fsp3) is 0. The maximum absolute atomic E-state index is 6.44. The minimum absolute atomic E-state index is 0.171. The Morgan fingerprint density at radius 1 is 0.344 bits per heavy atom. The summed E-state index contributed by atoms with van der Waals surface area (Å²) in [5, 5.41) is 4.32. The van der Waals surface area contributed by atoms with E-state index in [1.54, 1.807) is 0 Å². The number of aromatic nitrogens is 4. The molecule has 272 valence electrons. The third-order valence-electron chi connectivity index (χ3n) is 11.5. The summed E-state index contributed by atoms with van der Waals surface area (Å²) in [5.74, 6) is 1.55. The molecule has 0 spiro atoms. The molecule has 10 heteroatoms. The molecule has 61 heavy (non-hydrogen) atoms. The van der Waals surface area contributed by atoms with Crippen LogP contribution in [0.4, 0.5) is 0 Å². The lowest BCUT2D eigenvalue weighted by Gasteiger charge is -2.21. The third-order valence-corrected chi connectivity index (χ3v) is 11.5. The summed E-state index contributed by atoms with van der Waals surface area (Å²) in [5.41, 5.74) is 12.0. The van der Waals surface area contributed by atoms with Crippen molar-refractivity contribution in [2.75, 3.05) is 0 Å². The van der Waals surface area contributed by atoms with Gasteiger partial charge < -0.3 is 8.98 Å². The van der Waals surface area contributed by atoms with Crippen LogP contribution in [-0.4, -0.2) is 58.8 Å². The van der Waals surface area contributed by atoms with Crippen molar-refractivity contribution in [3.05, 3.63) is 164 Å². The topological polar surface area (TPSA) is 56.7 Å². The highest BCUT2D eigenvalue weighted by molar-refractivity contribution is 6.68. The summed E-state index contributed by atoms with van der Waals surface area (Å²) in [6.07, 6.45) is 0. The number of furan rings is 1. The van der Waals surface area contributed by atoms with Crippen molar-refractivity contribution in [2.24, 2.45) is 0 Å². The number of hydrogen-bond donors (Lipinski definition) is 0. The lowest BCUT2D eigenvalue weighted by molar-refractivity contribution is 0.669. The van der Waals surface area contributed by atoms with Gasteiger partial charge in [-0.3, -0.25) is 0 Å². The van der Waals surface area contributed by atoms with E-state index >= 15 is 0 Å². The largest absolute Gasteiger partial charge is 0.456 e. The van der Waals surface area contributed by atoms with Crippen molar-refractivity contribution in [1.29, 1.82) is 0 Å². The zero-order chi connectivity index (χ0) is 41.4. The highest BCUT2D eigenvalue weighted by atomic mass is 16.3. The minimum Gasteiger partial charge on any atom is -0.456 e. The fourth-order valence-electron chi connectivity index (χ4n) is 8.40. The average Bonchev–Trinajstić information content (AvgIpc) is 3.85. The van der Waals surface area contributed by atoms with E-state index in [1.165, 1.54) is 16.3 Å². The van der Waals surface area contributed by atoms with Gasteiger partial charge in [-0.25, -0.2) is 15.0 Å². The maximum atomic E-state index is 6.44. The van der Waals surface area contributed by atoms with Crippen LogP contribution in [0, 0.1) is 0 Å². The Kier molecular flexibility index (Phi) is 8.71. The van der Waals surface area contributed by atoms with Crippen LogP contribution < -0.4 is 27.3 Å². The monoisotopic (exact) mass is 766 g/mol. The van der Waals surface area contributed by atoms with E-state index in [0.29, 0.717) is 23.0 Å². The minimum atomic E-state index is 0.171. The van der Waals surface area contributed by atoms with E-state index in [0.717, 1.165) is 66.5 Å². The Hall–Kier alpha value is -7.31. The Labute approximate surface area is 358 Å². The van der Waals surface area contributed by atoms with Crippen LogP contribution in [0.25, 0.3) is 106 Å².